The van der Waals surface area contributed by atoms with E-state index in [4.69, 9.17) is 5.73 Å². The van der Waals surface area contributed by atoms with Crippen molar-refractivity contribution in [3.63, 3.8) is 0 Å². The van der Waals surface area contributed by atoms with Crippen LogP contribution >= 0.6 is 0 Å². The summed E-state index contributed by atoms with van der Waals surface area (Å²) in [4.78, 5) is 0. The molecule has 2 N–H and O–H groups in total. The van der Waals surface area contributed by atoms with E-state index in [1.54, 1.807) is 4.68 Å². The molecule has 1 aromatic carbocycles. The van der Waals surface area contributed by atoms with Gasteiger partial charge in [0, 0.05) is 11.3 Å². The topological polar surface area (TPSA) is 69.6 Å². The van der Waals surface area contributed by atoms with Gasteiger partial charge in [-0.05, 0) is 41.5 Å². The van der Waals surface area contributed by atoms with E-state index in [-0.39, 0.29) is 11.9 Å². The molecule has 1 atom stereocenters. The number of rotatable bonds is 5. The lowest BCUT2D eigenvalue weighted by Crippen LogP contribution is -2.18. The number of aromatic nitrogens is 4. The van der Waals surface area contributed by atoms with E-state index in [1.807, 2.05) is 0 Å². The van der Waals surface area contributed by atoms with E-state index in [2.05, 4.69) is 36.3 Å². The Morgan fingerprint density at radius 3 is 2.65 bits per heavy atom. The molecule has 0 aliphatic heterocycles. The molecular weight excluding hydrogens is 257 g/mol. The number of hydrogen-bond donors (Lipinski definition) is 1. The summed E-state index contributed by atoms with van der Waals surface area (Å²) < 4.78 is 15.2. The molecule has 0 spiro atoms. The summed E-state index contributed by atoms with van der Waals surface area (Å²) in [6, 6.07) is 4.37. The molecule has 1 aromatic heterocycles. The summed E-state index contributed by atoms with van der Waals surface area (Å²) in [7, 11) is 0. The normalized spacial score (nSPS) is 12.8. The third-order valence-corrected chi connectivity index (χ3v) is 3.87. The molecule has 2 rings (SSSR count). The van der Waals surface area contributed by atoms with Crippen LogP contribution in [0.25, 0.3) is 11.4 Å². The largest absolute Gasteiger partial charge is 0.398 e. The van der Waals surface area contributed by atoms with Gasteiger partial charge in [-0.15, -0.1) is 5.10 Å². The number of hydrogen-bond acceptors (Lipinski definition) is 4. The fraction of sp³-hybridized carbons (Fsp3) is 0.500. The van der Waals surface area contributed by atoms with Gasteiger partial charge in [0.2, 0.25) is 0 Å². The van der Waals surface area contributed by atoms with Crippen LogP contribution in [0.3, 0.4) is 0 Å². The van der Waals surface area contributed by atoms with Crippen LogP contribution in [0.1, 0.15) is 39.7 Å². The fourth-order valence-electron chi connectivity index (χ4n) is 2.54. The molecule has 0 saturated heterocycles. The van der Waals surface area contributed by atoms with Crippen molar-refractivity contribution in [2.75, 3.05) is 5.73 Å². The fourth-order valence-corrected chi connectivity index (χ4v) is 2.54. The summed E-state index contributed by atoms with van der Waals surface area (Å²) in [5.74, 6) is 0.632. The summed E-state index contributed by atoms with van der Waals surface area (Å²) in [5.41, 5.74) is 6.92. The van der Waals surface area contributed by atoms with Crippen molar-refractivity contribution < 1.29 is 4.39 Å². The number of tetrazole rings is 1. The SMILES string of the molecule is CCC(CC)C(C)n1nnnc1-c1cc(F)ccc1N. The number of halogens is 1. The molecule has 0 fully saturated rings. The predicted molar refractivity (Wildman–Crippen MR) is 76.4 cm³/mol. The predicted octanol–water partition coefficient (Wildman–Crippen LogP) is 3.06. The molecule has 6 heteroatoms. The van der Waals surface area contributed by atoms with Gasteiger partial charge < -0.3 is 5.73 Å². The van der Waals surface area contributed by atoms with Gasteiger partial charge in [-0.2, -0.15) is 0 Å². The first-order valence-corrected chi connectivity index (χ1v) is 6.91. The minimum atomic E-state index is -0.348. The zero-order chi connectivity index (χ0) is 14.7. The first-order chi connectivity index (χ1) is 9.58. The molecule has 1 heterocycles. The van der Waals surface area contributed by atoms with Gasteiger partial charge in [-0.25, -0.2) is 9.07 Å². The second-order valence-corrected chi connectivity index (χ2v) is 5.00. The van der Waals surface area contributed by atoms with Crippen LogP contribution in [-0.2, 0) is 0 Å². The Morgan fingerprint density at radius 1 is 1.30 bits per heavy atom. The molecule has 108 valence electrons. The van der Waals surface area contributed by atoms with E-state index < -0.39 is 0 Å². The number of benzene rings is 1. The summed E-state index contributed by atoms with van der Waals surface area (Å²) >= 11 is 0. The van der Waals surface area contributed by atoms with Crippen molar-refractivity contribution in [1.29, 1.82) is 0 Å². The molecule has 20 heavy (non-hydrogen) atoms. The van der Waals surface area contributed by atoms with Crippen LogP contribution in [0, 0.1) is 11.7 Å². The van der Waals surface area contributed by atoms with Crippen molar-refractivity contribution in [2.24, 2.45) is 5.92 Å². The summed E-state index contributed by atoms with van der Waals surface area (Å²) in [6.45, 7) is 6.36. The smallest absolute Gasteiger partial charge is 0.184 e. The van der Waals surface area contributed by atoms with Crippen LogP contribution in [0.15, 0.2) is 18.2 Å². The van der Waals surface area contributed by atoms with Crippen LogP contribution in [-0.4, -0.2) is 20.2 Å². The van der Waals surface area contributed by atoms with Crippen molar-refractivity contribution in [1.82, 2.24) is 20.2 Å². The van der Waals surface area contributed by atoms with Crippen molar-refractivity contribution >= 4 is 5.69 Å². The monoisotopic (exact) mass is 277 g/mol. The zero-order valence-corrected chi connectivity index (χ0v) is 12.0. The summed E-state index contributed by atoms with van der Waals surface area (Å²) in [6.07, 6.45) is 2.07. The van der Waals surface area contributed by atoms with E-state index >= 15 is 0 Å². The van der Waals surface area contributed by atoms with Gasteiger partial charge >= 0.3 is 0 Å². The molecular formula is C14H20FN5. The first kappa shape index (κ1) is 14.4. The Hall–Kier alpha value is -1.98. The Kier molecular flexibility index (Phi) is 4.32. The van der Waals surface area contributed by atoms with Crippen LogP contribution < -0.4 is 5.73 Å². The Bertz CT molecular complexity index is 577. The number of anilines is 1. The number of nitrogens with zero attached hydrogens (tertiary/aromatic N) is 4. The maximum atomic E-state index is 13.4. The van der Waals surface area contributed by atoms with E-state index in [0.29, 0.717) is 23.0 Å². The maximum absolute atomic E-state index is 13.4. The molecule has 0 radical (unpaired) electrons. The minimum absolute atomic E-state index is 0.137. The molecule has 0 amide bonds. The van der Waals surface area contributed by atoms with E-state index in [9.17, 15) is 4.39 Å². The molecule has 1 unspecified atom stereocenters. The van der Waals surface area contributed by atoms with Gasteiger partial charge in [-0.3, -0.25) is 0 Å². The highest BCUT2D eigenvalue weighted by molar-refractivity contribution is 5.71. The molecule has 0 aliphatic carbocycles. The van der Waals surface area contributed by atoms with Crippen molar-refractivity contribution in [3.05, 3.63) is 24.0 Å². The summed E-state index contributed by atoms with van der Waals surface area (Å²) in [5, 5.41) is 11.8. The van der Waals surface area contributed by atoms with Crippen molar-refractivity contribution in [2.45, 2.75) is 39.7 Å². The molecule has 0 bridgehead atoms. The minimum Gasteiger partial charge on any atom is -0.398 e. The Morgan fingerprint density at radius 2 is 2.00 bits per heavy atom. The first-order valence-electron chi connectivity index (χ1n) is 6.91. The number of nitrogen functional groups attached to an aromatic ring is 1. The van der Waals surface area contributed by atoms with Gasteiger partial charge in [0.1, 0.15) is 5.82 Å². The molecule has 0 saturated carbocycles. The third-order valence-electron chi connectivity index (χ3n) is 3.87. The maximum Gasteiger partial charge on any atom is 0.184 e. The van der Waals surface area contributed by atoms with Crippen LogP contribution in [0.5, 0.6) is 0 Å². The lowest BCUT2D eigenvalue weighted by Gasteiger charge is -2.22. The Balaban J connectivity index is 2.45. The quantitative estimate of drug-likeness (QED) is 0.853. The van der Waals surface area contributed by atoms with Crippen LogP contribution in [0.4, 0.5) is 10.1 Å². The molecule has 0 aliphatic rings. The second kappa shape index (κ2) is 5.98. The average Bonchev–Trinajstić information content (AvgIpc) is 2.91. The Labute approximate surface area is 118 Å². The molecule has 2 aromatic rings. The highest BCUT2D eigenvalue weighted by Gasteiger charge is 2.22. The highest BCUT2D eigenvalue weighted by atomic mass is 19.1. The molecule has 5 nitrogen and oxygen atoms in total. The van der Waals surface area contributed by atoms with E-state index in [0.717, 1.165) is 12.8 Å². The third kappa shape index (κ3) is 2.64. The van der Waals surface area contributed by atoms with Gasteiger partial charge in [0.05, 0.1) is 6.04 Å². The van der Waals surface area contributed by atoms with Gasteiger partial charge in [-0.1, -0.05) is 26.7 Å². The highest BCUT2D eigenvalue weighted by Crippen LogP contribution is 2.30. The average molecular weight is 277 g/mol. The number of nitrogens with two attached hydrogens (primary N) is 1. The second-order valence-electron chi connectivity index (χ2n) is 5.00. The lowest BCUT2D eigenvalue weighted by atomic mass is 9.95. The zero-order valence-electron chi connectivity index (χ0n) is 12.0. The van der Waals surface area contributed by atoms with Crippen LogP contribution in [0.2, 0.25) is 0 Å². The van der Waals surface area contributed by atoms with Gasteiger partial charge in [0.25, 0.3) is 0 Å². The van der Waals surface area contributed by atoms with Gasteiger partial charge in [0.15, 0.2) is 5.82 Å². The lowest BCUT2D eigenvalue weighted by molar-refractivity contribution is 0.309. The van der Waals surface area contributed by atoms with E-state index in [1.165, 1.54) is 18.2 Å². The van der Waals surface area contributed by atoms with Crippen molar-refractivity contribution in [3.8, 4) is 11.4 Å². The standard InChI is InChI=1S/C14H20FN5/c1-4-10(5-2)9(3)20-14(17-18-19-20)12-8-11(15)6-7-13(12)16/h6-10H,4-5,16H2,1-3H3.